The minimum atomic E-state index is 0.207. The van der Waals surface area contributed by atoms with Crippen LogP contribution in [0, 0.1) is 0 Å². The molecule has 0 fully saturated rings. The van der Waals surface area contributed by atoms with E-state index >= 15 is 0 Å². The third kappa shape index (κ3) is 7.37. The fourth-order valence-corrected chi connectivity index (χ4v) is 5.84. The average Bonchev–Trinajstić information content (AvgIpc) is 3.13. The summed E-state index contributed by atoms with van der Waals surface area (Å²) in [5.41, 5.74) is 11.3. The highest BCUT2D eigenvalue weighted by Gasteiger charge is 2.14. The number of hydrogen-bond acceptors (Lipinski definition) is 4. The summed E-state index contributed by atoms with van der Waals surface area (Å²) in [5.74, 6) is 0. The van der Waals surface area contributed by atoms with Gasteiger partial charge in [-0.15, -0.1) is 0 Å². The molecule has 0 atom stereocenters. The maximum absolute atomic E-state index is 9.22. The Morgan fingerprint density at radius 1 is 0.326 bits per heavy atom. The third-order valence-electron chi connectivity index (χ3n) is 8.25. The van der Waals surface area contributed by atoms with Crippen LogP contribution in [0.5, 0.6) is 0 Å². The highest BCUT2D eigenvalue weighted by molar-refractivity contribution is 5.80. The van der Waals surface area contributed by atoms with Crippen molar-refractivity contribution in [3.63, 3.8) is 0 Å². The summed E-state index contributed by atoms with van der Waals surface area (Å²) < 4.78 is 0. The highest BCUT2D eigenvalue weighted by atomic mass is 16.3. The summed E-state index contributed by atoms with van der Waals surface area (Å²) in [6.45, 7) is 0.414. The normalized spacial score (nSPS) is 10.9. The molecule has 230 valence electrons. The van der Waals surface area contributed by atoms with E-state index in [4.69, 9.17) is 0 Å². The quantitative estimate of drug-likeness (QED) is 0.138. The lowest BCUT2D eigenvalue weighted by Gasteiger charge is -2.26. The van der Waals surface area contributed by atoms with Crippen molar-refractivity contribution in [2.75, 3.05) is 23.0 Å². The van der Waals surface area contributed by atoms with E-state index in [9.17, 15) is 10.2 Å². The van der Waals surface area contributed by atoms with Crippen LogP contribution in [0.4, 0.5) is 34.1 Å². The Hall–Kier alpha value is -5.16. The van der Waals surface area contributed by atoms with Crippen LogP contribution in [0.3, 0.4) is 0 Å². The number of rotatable bonds is 13. The lowest BCUT2D eigenvalue weighted by Crippen LogP contribution is -2.10. The van der Waals surface area contributed by atoms with Crippen LogP contribution in [0.2, 0.25) is 0 Å². The molecule has 0 bridgehead atoms. The van der Waals surface area contributed by atoms with E-state index in [1.807, 2.05) is 12.1 Å². The van der Waals surface area contributed by atoms with E-state index in [2.05, 4.69) is 155 Å². The van der Waals surface area contributed by atoms with Crippen LogP contribution in [0.15, 0.2) is 158 Å². The summed E-state index contributed by atoms with van der Waals surface area (Å²) >= 11 is 0. The third-order valence-corrected chi connectivity index (χ3v) is 8.25. The fourth-order valence-electron chi connectivity index (χ4n) is 5.84. The van der Waals surface area contributed by atoms with Crippen molar-refractivity contribution in [2.45, 2.75) is 25.7 Å². The zero-order chi connectivity index (χ0) is 31.6. The van der Waals surface area contributed by atoms with Gasteiger partial charge in [0, 0.05) is 47.3 Å². The second kappa shape index (κ2) is 15.2. The topological polar surface area (TPSA) is 46.9 Å². The first-order chi connectivity index (χ1) is 22.7. The van der Waals surface area contributed by atoms with Crippen LogP contribution >= 0.6 is 0 Å². The van der Waals surface area contributed by atoms with E-state index in [1.54, 1.807) is 0 Å². The Labute approximate surface area is 272 Å². The monoisotopic (exact) mass is 604 g/mol. The zero-order valence-electron chi connectivity index (χ0n) is 26.0. The van der Waals surface area contributed by atoms with Crippen LogP contribution in [-0.2, 0) is 12.8 Å². The van der Waals surface area contributed by atoms with Gasteiger partial charge in [-0.25, -0.2) is 0 Å². The Morgan fingerprint density at radius 2 is 0.609 bits per heavy atom. The second-order valence-electron chi connectivity index (χ2n) is 11.4. The highest BCUT2D eigenvalue weighted by Crippen LogP contribution is 2.38. The molecule has 0 aliphatic carbocycles. The first-order valence-corrected chi connectivity index (χ1v) is 16.0. The number of anilines is 6. The predicted octanol–water partition coefficient (Wildman–Crippen LogP) is 10.1. The van der Waals surface area contributed by atoms with Gasteiger partial charge in [0.25, 0.3) is 0 Å². The van der Waals surface area contributed by atoms with E-state index in [1.165, 1.54) is 11.1 Å². The molecule has 6 aromatic rings. The lowest BCUT2D eigenvalue weighted by atomic mass is 10.0. The predicted molar refractivity (Wildman–Crippen MR) is 192 cm³/mol. The molecule has 0 heterocycles. The molecule has 0 radical (unpaired) electrons. The van der Waals surface area contributed by atoms with E-state index in [-0.39, 0.29) is 13.2 Å². The number of aryl methyl sites for hydroxylation is 2. The summed E-state index contributed by atoms with van der Waals surface area (Å²) in [4.78, 5) is 4.55. The number of nitrogens with zero attached hydrogens (tertiary/aromatic N) is 2. The molecular formula is C42H40N2O2. The van der Waals surface area contributed by atoms with Crippen LogP contribution in [0.25, 0.3) is 11.1 Å². The maximum atomic E-state index is 9.22. The Balaban J connectivity index is 1.26. The zero-order valence-corrected chi connectivity index (χ0v) is 26.0. The molecule has 0 amide bonds. The largest absolute Gasteiger partial charge is 0.396 e. The van der Waals surface area contributed by atoms with Crippen molar-refractivity contribution in [1.82, 2.24) is 0 Å². The molecule has 4 heteroatoms. The molecular weight excluding hydrogens is 564 g/mol. The Bertz CT molecular complexity index is 1630. The number of aliphatic hydroxyl groups excluding tert-OH is 2. The number of aliphatic hydroxyl groups is 2. The van der Waals surface area contributed by atoms with Gasteiger partial charge in [0.05, 0.1) is 0 Å². The van der Waals surface area contributed by atoms with E-state index < -0.39 is 0 Å². The molecule has 0 aromatic heterocycles. The summed E-state index contributed by atoms with van der Waals surface area (Å²) in [6, 6.07) is 55.6. The van der Waals surface area contributed by atoms with E-state index in [0.717, 1.165) is 70.9 Å². The second-order valence-corrected chi connectivity index (χ2v) is 11.4. The summed E-state index contributed by atoms with van der Waals surface area (Å²) in [6.07, 6.45) is 3.29. The molecule has 6 aromatic carbocycles. The lowest BCUT2D eigenvalue weighted by molar-refractivity contribution is 0.288. The Kier molecular flexibility index (Phi) is 10.2. The molecule has 6 rings (SSSR count). The smallest absolute Gasteiger partial charge is 0.0462 e. The van der Waals surface area contributed by atoms with Crippen molar-refractivity contribution in [1.29, 1.82) is 0 Å². The summed E-state index contributed by atoms with van der Waals surface area (Å²) in [7, 11) is 0. The van der Waals surface area contributed by atoms with Gasteiger partial charge in [-0.1, -0.05) is 84.9 Å². The first kappa shape index (κ1) is 30.8. The molecule has 0 aliphatic rings. The molecule has 0 saturated carbocycles. The minimum Gasteiger partial charge on any atom is -0.396 e. The molecule has 0 aliphatic heterocycles. The van der Waals surface area contributed by atoms with Gasteiger partial charge in [-0.2, -0.15) is 0 Å². The molecule has 4 nitrogen and oxygen atoms in total. The first-order valence-electron chi connectivity index (χ1n) is 16.0. The van der Waals surface area contributed by atoms with Crippen molar-refractivity contribution >= 4 is 34.1 Å². The van der Waals surface area contributed by atoms with Gasteiger partial charge >= 0.3 is 0 Å². The average molecular weight is 605 g/mol. The summed E-state index contributed by atoms with van der Waals surface area (Å²) in [5, 5.41) is 18.4. The fraction of sp³-hybridized carbons (Fsp3) is 0.143. The van der Waals surface area contributed by atoms with Gasteiger partial charge in [-0.3, -0.25) is 0 Å². The molecule has 0 saturated heterocycles. The van der Waals surface area contributed by atoms with Crippen molar-refractivity contribution < 1.29 is 10.2 Å². The Morgan fingerprint density at radius 3 is 0.913 bits per heavy atom. The van der Waals surface area contributed by atoms with Crippen molar-refractivity contribution in [3.05, 3.63) is 169 Å². The van der Waals surface area contributed by atoms with E-state index in [0.29, 0.717) is 0 Å². The SMILES string of the molecule is OCCCc1ccc(N(c2ccccc2)c2ccc(-c3ccc(N(c4ccccc4)c4ccc(CCCO)cc4)cc3)cc2)cc1. The van der Waals surface area contributed by atoms with Crippen molar-refractivity contribution in [3.8, 4) is 11.1 Å². The number of hydrogen-bond donors (Lipinski definition) is 2. The minimum absolute atomic E-state index is 0.207. The number of para-hydroxylation sites is 2. The van der Waals surface area contributed by atoms with Crippen molar-refractivity contribution in [2.24, 2.45) is 0 Å². The van der Waals surface area contributed by atoms with Gasteiger partial charge in [0.15, 0.2) is 0 Å². The van der Waals surface area contributed by atoms with Gasteiger partial charge in [0.2, 0.25) is 0 Å². The van der Waals surface area contributed by atoms with Gasteiger partial charge in [-0.05, 0) is 121 Å². The van der Waals surface area contributed by atoms with Crippen LogP contribution < -0.4 is 9.80 Å². The standard InChI is InChI=1S/C42H40N2O2/c45-31-7-9-33-15-23-39(24-16-33)43(37-11-3-1-4-12-37)41-27-19-35(20-28-41)36-21-29-42(30-22-36)44(38-13-5-2-6-14-38)40-25-17-34(18-26-40)10-8-32-46/h1-6,11-30,45-46H,7-10,31-32H2. The molecule has 0 unspecified atom stereocenters. The molecule has 2 N–H and O–H groups in total. The molecule has 46 heavy (non-hydrogen) atoms. The van der Waals surface area contributed by atoms with Crippen LogP contribution in [-0.4, -0.2) is 23.4 Å². The maximum Gasteiger partial charge on any atom is 0.0462 e. The molecule has 0 spiro atoms. The van der Waals surface area contributed by atoms with Gasteiger partial charge < -0.3 is 20.0 Å². The van der Waals surface area contributed by atoms with Crippen LogP contribution in [0.1, 0.15) is 24.0 Å². The number of benzene rings is 6. The van der Waals surface area contributed by atoms with Gasteiger partial charge in [0.1, 0.15) is 0 Å².